The van der Waals surface area contributed by atoms with Crippen LogP contribution in [0.3, 0.4) is 0 Å². The van der Waals surface area contributed by atoms with Crippen LogP contribution in [0.5, 0.6) is 0 Å². The molecule has 0 saturated heterocycles. The Labute approximate surface area is 82.5 Å². The summed E-state index contributed by atoms with van der Waals surface area (Å²) in [5.74, 6) is 0. The fraction of sp³-hybridized carbons (Fsp3) is 1.00. The zero-order valence-corrected chi connectivity index (χ0v) is 5.38. The van der Waals surface area contributed by atoms with Gasteiger partial charge in [-0.1, -0.05) is 0 Å². The van der Waals surface area contributed by atoms with Crippen LogP contribution in [0.1, 0.15) is 0 Å². The molecule has 0 amide bonds. The summed E-state index contributed by atoms with van der Waals surface area (Å²) in [5.41, 5.74) is 0. The number of hydrogen-bond donors (Lipinski definition) is 1. The van der Waals surface area contributed by atoms with Gasteiger partial charge in [0.05, 0.1) is 0 Å². The van der Waals surface area contributed by atoms with E-state index in [-0.39, 0.29) is 25.8 Å². The molecule has 0 bridgehead atoms. The van der Waals surface area contributed by atoms with Crippen molar-refractivity contribution in [3.63, 3.8) is 0 Å². The summed E-state index contributed by atoms with van der Waals surface area (Å²) in [6.07, 6.45) is -6.29. The Morgan fingerprint density at radius 1 is 1.00 bits per heavy atom. The third-order valence-corrected chi connectivity index (χ3v) is 1.53. The standard InChI is InChI=1S/C2HF5O3S.In.3H/c3-1(4,5)2(6,7)11(8,9)10;;;;/h(H,8,9,10);;;;. The van der Waals surface area contributed by atoms with Gasteiger partial charge in [0.25, 0.3) is 0 Å². The van der Waals surface area contributed by atoms with Crippen LogP contribution in [0.15, 0.2) is 0 Å². The monoisotopic (exact) mass is 318 g/mol. The van der Waals surface area contributed by atoms with Crippen molar-refractivity contribution in [2.45, 2.75) is 11.4 Å². The van der Waals surface area contributed by atoms with E-state index >= 15 is 0 Å². The number of alkyl halides is 5. The van der Waals surface area contributed by atoms with Crippen LogP contribution in [-0.2, 0) is 10.1 Å². The summed E-state index contributed by atoms with van der Waals surface area (Å²) in [6.45, 7) is 0. The average molecular weight is 318 g/mol. The van der Waals surface area contributed by atoms with Crippen molar-refractivity contribution in [2.75, 3.05) is 0 Å². The molecule has 0 aromatic carbocycles. The molecule has 0 rings (SSSR count). The van der Waals surface area contributed by atoms with Gasteiger partial charge in [0.2, 0.25) is 0 Å². The molecule has 0 atom stereocenters. The van der Waals surface area contributed by atoms with E-state index in [4.69, 9.17) is 4.55 Å². The van der Waals surface area contributed by atoms with E-state index in [0.717, 1.165) is 0 Å². The summed E-state index contributed by atoms with van der Waals surface area (Å²) >= 11 is 0. The molecule has 3 nitrogen and oxygen atoms in total. The normalized spacial score (nSPS) is 13.8. The Balaban J connectivity index is 0. The fourth-order valence-corrected chi connectivity index (χ4v) is 0.439. The van der Waals surface area contributed by atoms with Crippen LogP contribution >= 0.6 is 0 Å². The second kappa shape index (κ2) is 3.66. The minimum atomic E-state index is -6.42. The van der Waals surface area contributed by atoms with Crippen molar-refractivity contribution in [3.8, 4) is 0 Å². The first-order valence-electron chi connectivity index (χ1n) is 1.91. The molecule has 0 aromatic heterocycles. The Bertz CT molecular complexity index is 242. The zero-order chi connectivity index (χ0) is 9.50. The molecular formula is C2H4F5InO3S. The van der Waals surface area contributed by atoms with E-state index < -0.39 is 21.5 Å². The molecule has 12 heavy (non-hydrogen) atoms. The van der Waals surface area contributed by atoms with Gasteiger partial charge < -0.3 is 0 Å². The predicted octanol–water partition coefficient (Wildman–Crippen LogP) is -0.155. The molecule has 0 radical (unpaired) electrons. The Morgan fingerprint density at radius 3 is 1.25 bits per heavy atom. The molecular weight excluding hydrogens is 314 g/mol. The molecule has 0 spiro atoms. The van der Waals surface area contributed by atoms with Crippen molar-refractivity contribution in [1.29, 1.82) is 0 Å². The van der Waals surface area contributed by atoms with Gasteiger partial charge in [-0.3, -0.25) is 4.55 Å². The van der Waals surface area contributed by atoms with Gasteiger partial charge in [0, 0.05) is 0 Å². The van der Waals surface area contributed by atoms with Crippen molar-refractivity contribution < 1.29 is 34.9 Å². The molecule has 0 aliphatic carbocycles. The van der Waals surface area contributed by atoms with Crippen molar-refractivity contribution in [3.05, 3.63) is 0 Å². The summed E-state index contributed by atoms with van der Waals surface area (Å²) in [6, 6.07) is 0. The van der Waals surface area contributed by atoms with Gasteiger partial charge in [0.15, 0.2) is 0 Å². The van der Waals surface area contributed by atoms with E-state index in [1.807, 2.05) is 0 Å². The predicted molar refractivity (Wildman–Crippen MR) is 32.5 cm³/mol. The Kier molecular flexibility index (Phi) is 4.55. The quantitative estimate of drug-likeness (QED) is 0.540. The SMILES string of the molecule is O=S(=O)(O)C(F)(F)C(F)(F)F.[InH3]. The maximum absolute atomic E-state index is 11.5. The van der Waals surface area contributed by atoms with Crippen LogP contribution in [0.4, 0.5) is 22.0 Å². The van der Waals surface area contributed by atoms with Gasteiger partial charge >= 0.3 is 47.4 Å². The maximum atomic E-state index is 11.5. The van der Waals surface area contributed by atoms with Crippen molar-refractivity contribution in [2.24, 2.45) is 0 Å². The molecule has 1 N–H and O–H groups in total. The van der Waals surface area contributed by atoms with E-state index in [1.165, 1.54) is 0 Å². The first-order valence-corrected chi connectivity index (χ1v) is 3.36. The Hall–Kier alpha value is 0.430. The molecule has 0 heterocycles. The van der Waals surface area contributed by atoms with Crippen molar-refractivity contribution in [1.82, 2.24) is 0 Å². The Morgan fingerprint density at radius 2 is 1.25 bits per heavy atom. The third-order valence-electron chi connectivity index (χ3n) is 0.654. The minimum absolute atomic E-state index is 0. The van der Waals surface area contributed by atoms with Gasteiger partial charge in [0.1, 0.15) is 0 Å². The van der Waals surface area contributed by atoms with Crippen LogP contribution < -0.4 is 0 Å². The van der Waals surface area contributed by atoms with E-state index in [0.29, 0.717) is 0 Å². The van der Waals surface area contributed by atoms with Gasteiger partial charge in [-0.25, -0.2) is 0 Å². The molecule has 0 aliphatic rings. The van der Waals surface area contributed by atoms with Crippen LogP contribution in [0, 0.1) is 0 Å². The summed E-state index contributed by atoms with van der Waals surface area (Å²) < 4.78 is 82.2. The van der Waals surface area contributed by atoms with E-state index in [1.54, 1.807) is 0 Å². The van der Waals surface area contributed by atoms with E-state index in [9.17, 15) is 30.4 Å². The topological polar surface area (TPSA) is 54.4 Å². The molecule has 0 unspecified atom stereocenters. The molecule has 0 fully saturated rings. The fourth-order valence-electron chi connectivity index (χ4n) is 0.146. The first kappa shape index (κ1) is 14.9. The molecule has 10 heteroatoms. The van der Waals surface area contributed by atoms with Crippen LogP contribution in [-0.4, -0.2) is 50.2 Å². The second-order valence-corrected chi connectivity index (χ2v) is 2.95. The van der Waals surface area contributed by atoms with Gasteiger partial charge in [-0.05, 0) is 0 Å². The van der Waals surface area contributed by atoms with Crippen molar-refractivity contribution >= 4 is 36.0 Å². The summed E-state index contributed by atoms with van der Waals surface area (Å²) in [4.78, 5) is 0. The molecule has 0 saturated carbocycles. The molecule has 74 valence electrons. The molecule has 0 aliphatic heterocycles. The van der Waals surface area contributed by atoms with Crippen LogP contribution in [0.2, 0.25) is 0 Å². The first-order chi connectivity index (χ1) is 4.50. The van der Waals surface area contributed by atoms with E-state index in [2.05, 4.69) is 0 Å². The summed E-state index contributed by atoms with van der Waals surface area (Å²) in [7, 11) is -6.42. The third kappa shape index (κ3) is 2.73. The number of rotatable bonds is 1. The number of halogens is 5. The van der Waals surface area contributed by atoms with Gasteiger partial charge in [-0.15, -0.1) is 0 Å². The molecule has 0 aromatic rings. The van der Waals surface area contributed by atoms with Gasteiger partial charge in [-0.2, -0.15) is 30.4 Å². The zero-order valence-electron chi connectivity index (χ0n) is 4.56. The number of hydrogen-bond acceptors (Lipinski definition) is 2. The second-order valence-electron chi connectivity index (χ2n) is 1.49. The summed E-state index contributed by atoms with van der Waals surface area (Å²) in [5, 5.41) is -6.10. The average Bonchev–Trinajstić information content (AvgIpc) is 1.58. The van der Waals surface area contributed by atoms with Crippen LogP contribution in [0.25, 0.3) is 0 Å².